The molecule has 0 unspecified atom stereocenters. The van der Waals surface area contributed by atoms with Crippen LogP contribution in [0.15, 0.2) is 47.1 Å². The summed E-state index contributed by atoms with van der Waals surface area (Å²) >= 11 is 0. The highest BCUT2D eigenvalue weighted by molar-refractivity contribution is 5.69. The van der Waals surface area contributed by atoms with Gasteiger partial charge in [0.15, 0.2) is 12.0 Å². The number of benzene rings is 1. The van der Waals surface area contributed by atoms with Crippen molar-refractivity contribution in [1.29, 1.82) is 0 Å². The zero-order valence-electron chi connectivity index (χ0n) is 16.2. The van der Waals surface area contributed by atoms with Crippen LogP contribution < -0.4 is 0 Å². The van der Waals surface area contributed by atoms with Crippen LogP contribution in [0.4, 0.5) is 0 Å². The van der Waals surface area contributed by atoms with Gasteiger partial charge in [-0.1, -0.05) is 76.8 Å². The average Bonchev–Trinajstić information content (AvgIpc) is 3.19. The molecule has 0 amide bonds. The van der Waals surface area contributed by atoms with Gasteiger partial charge in [-0.15, -0.1) is 0 Å². The van der Waals surface area contributed by atoms with Gasteiger partial charge in [-0.05, 0) is 42.7 Å². The number of aldehydes is 1. The van der Waals surface area contributed by atoms with Crippen molar-refractivity contribution in [2.75, 3.05) is 0 Å². The summed E-state index contributed by atoms with van der Waals surface area (Å²) < 4.78 is 4.61. The van der Waals surface area contributed by atoms with Crippen LogP contribution in [-0.2, 0) is 6.42 Å². The molecule has 0 fully saturated rings. The SMILES string of the molecule is CCCCCCCCCCCCc1ccc(O)cc1.O=Cc1ccco1. The van der Waals surface area contributed by atoms with Gasteiger partial charge in [0.2, 0.25) is 0 Å². The maximum absolute atomic E-state index is 9.77. The molecule has 0 saturated carbocycles. The van der Waals surface area contributed by atoms with Gasteiger partial charge in [-0.2, -0.15) is 0 Å². The summed E-state index contributed by atoms with van der Waals surface area (Å²) in [5.41, 5.74) is 1.34. The topological polar surface area (TPSA) is 50.4 Å². The molecule has 0 aliphatic rings. The predicted molar refractivity (Wildman–Crippen MR) is 108 cm³/mol. The van der Waals surface area contributed by atoms with Crippen molar-refractivity contribution in [3.05, 3.63) is 54.0 Å². The summed E-state index contributed by atoms with van der Waals surface area (Å²) in [6, 6.07) is 10.9. The summed E-state index contributed by atoms with van der Waals surface area (Å²) in [7, 11) is 0. The highest BCUT2D eigenvalue weighted by Crippen LogP contribution is 2.14. The fourth-order valence-corrected chi connectivity index (χ4v) is 2.84. The maximum atomic E-state index is 9.77. The van der Waals surface area contributed by atoms with E-state index in [4.69, 9.17) is 0 Å². The van der Waals surface area contributed by atoms with Gasteiger partial charge in [0, 0.05) is 0 Å². The number of carbonyl (C=O) groups excluding carboxylic acids is 1. The lowest BCUT2D eigenvalue weighted by Crippen LogP contribution is -1.86. The van der Waals surface area contributed by atoms with Crippen LogP contribution in [0.3, 0.4) is 0 Å². The van der Waals surface area contributed by atoms with E-state index in [1.54, 1.807) is 24.3 Å². The minimum atomic E-state index is 0.367. The number of furan rings is 1. The zero-order chi connectivity index (χ0) is 18.9. The molecule has 2 rings (SSSR count). The monoisotopic (exact) mass is 358 g/mol. The minimum absolute atomic E-state index is 0.367. The molecule has 1 heterocycles. The van der Waals surface area contributed by atoms with E-state index in [2.05, 4.69) is 11.3 Å². The summed E-state index contributed by atoms with van der Waals surface area (Å²) in [4.78, 5) is 9.77. The molecular weight excluding hydrogens is 324 g/mol. The number of aromatic hydroxyl groups is 1. The van der Waals surface area contributed by atoms with Crippen molar-refractivity contribution in [3.63, 3.8) is 0 Å². The molecule has 3 nitrogen and oxygen atoms in total. The van der Waals surface area contributed by atoms with Crippen LogP contribution in [0.5, 0.6) is 5.75 Å². The van der Waals surface area contributed by atoms with Crippen molar-refractivity contribution < 1.29 is 14.3 Å². The first kappa shape index (κ1) is 22.0. The Kier molecular flexibility index (Phi) is 12.9. The van der Waals surface area contributed by atoms with Crippen molar-refractivity contribution in [1.82, 2.24) is 0 Å². The fraction of sp³-hybridized carbons (Fsp3) is 0.522. The number of carbonyl (C=O) groups is 1. The Labute approximate surface area is 158 Å². The third kappa shape index (κ3) is 11.5. The zero-order valence-corrected chi connectivity index (χ0v) is 16.2. The molecule has 1 aromatic carbocycles. The first-order valence-corrected chi connectivity index (χ1v) is 10.0. The third-order valence-electron chi connectivity index (χ3n) is 4.41. The Balaban J connectivity index is 0.000000401. The normalized spacial score (nSPS) is 10.2. The summed E-state index contributed by atoms with van der Waals surface area (Å²) in [5, 5.41) is 9.20. The largest absolute Gasteiger partial charge is 0.508 e. The lowest BCUT2D eigenvalue weighted by atomic mass is 10.0. The van der Waals surface area contributed by atoms with Crippen molar-refractivity contribution in [3.8, 4) is 5.75 Å². The molecule has 0 saturated heterocycles. The van der Waals surface area contributed by atoms with Gasteiger partial charge in [-0.3, -0.25) is 4.79 Å². The molecule has 3 heteroatoms. The number of hydrogen-bond acceptors (Lipinski definition) is 3. The molecule has 0 radical (unpaired) electrons. The highest BCUT2D eigenvalue weighted by atomic mass is 16.3. The van der Waals surface area contributed by atoms with Crippen molar-refractivity contribution >= 4 is 6.29 Å². The quantitative estimate of drug-likeness (QED) is 0.330. The van der Waals surface area contributed by atoms with Crippen molar-refractivity contribution in [2.24, 2.45) is 0 Å². The Bertz CT molecular complexity index is 543. The number of phenols is 1. The summed E-state index contributed by atoms with van der Waals surface area (Å²) in [6.45, 7) is 2.27. The van der Waals surface area contributed by atoms with E-state index in [9.17, 15) is 9.90 Å². The first-order chi connectivity index (χ1) is 12.8. The molecule has 0 aliphatic heterocycles. The number of aryl methyl sites for hydroxylation is 1. The maximum Gasteiger partial charge on any atom is 0.185 e. The number of hydrogen-bond donors (Lipinski definition) is 1. The van der Waals surface area contributed by atoms with Crippen LogP contribution in [-0.4, -0.2) is 11.4 Å². The standard InChI is InChI=1S/C18H30O.C5H4O2/c1-2-3-4-5-6-7-8-9-10-11-12-17-13-15-18(19)16-14-17;6-4-5-2-1-3-7-5/h13-16,19H,2-12H2,1H3;1-4H. The lowest BCUT2D eigenvalue weighted by Gasteiger charge is -2.03. The van der Waals surface area contributed by atoms with Gasteiger partial charge in [0.05, 0.1) is 6.26 Å². The molecule has 0 bridgehead atoms. The Morgan fingerprint density at radius 3 is 1.88 bits per heavy atom. The third-order valence-corrected chi connectivity index (χ3v) is 4.41. The molecule has 0 atom stereocenters. The number of unbranched alkanes of at least 4 members (excludes halogenated alkanes) is 9. The minimum Gasteiger partial charge on any atom is -0.508 e. The van der Waals surface area contributed by atoms with Gasteiger partial charge in [-0.25, -0.2) is 0 Å². The van der Waals surface area contributed by atoms with Crippen LogP contribution in [0.2, 0.25) is 0 Å². The van der Waals surface area contributed by atoms with Gasteiger partial charge in [0.1, 0.15) is 5.75 Å². The van der Waals surface area contributed by atoms with Crippen LogP contribution in [0.1, 0.15) is 87.3 Å². The van der Waals surface area contributed by atoms with E-state index in [0.717, 1.165) is 6.42 Å². The molecule has 2 aromatic rings. The summed E-state index contributed by atoms with van der Waals surface area (Å²) in [6.07, 6.45) is 17.1. The van der Waals surface area contributed by atoms with E-state index < -0.39 is 0 Å². The molecule has 1 aromatic heterocycles. The Hall–Kier alpha value is -2.03. The van der Waals surface area contributed by atoms with Crippen molar-refractivity contribution in [2.45, 2.75) is 77.6 Å². The second-order valence-electron chi connectivity index (χ2n) is 6.73. The van der Waals surface area contributed by atoms with Gasteiger partial charge < -0.3 is 9.52 Å². The Morgan fingerprint density at radius 1 is 0.846 bits per heavy atom. The van der Waals surface area contributed by atoms with E-state index in [1.807, 2.05) is 12.1 Å². The fourth-order valence-electron chi connectivity index (χ4n) is 2.84. The van der Waals surface area contributed by atoms with Gasteiger partial charge >= 0.3 is 0 Å². The number of phenolic OH excluding ortho intramolecular Hbond substituents is 1. The van der Waals surface area contributed by atoms with E-state index >= 15 is 0 Å². The van der Waals surface area contributed by atoms with E-state index in [0.29, 0.717) is 17.8 Å². The molecule has 1 N–H and O–H groups in total. The van der Waals surface area contributed by atoms with Crippen LogP contribution in [0.25, 0.3) is 0 Å². The molecular formula is C23H34O3. The molecule has 0 spiro atoms. The smallest absolute Gasteiger partial charge is 0.185 e. The number of rotatable bonds is 12. The average molecular weight is 359 g/mol. The predicted octanol–water partition coefficient (Wildman–Crippen LogP) is 6.95. The van der Waals surface area contributed by atoms with Crippen LogP contribution in [0, 0.1) is 0 Å². The van der Waals surface area contributed by atoms with Gasteiger partial charge in [0.25, 0.3) is 0 Å². The summed E-state index contributed by atoms with van der Waals surface area (Å²) in [5.74, 6) is 0.742. The second-order valence-corrected chi connectivity index (χ2v) is 6.73. The highest BCUT2D eigenvalue weighted by Gasteiger charge is 1.95. The molecule has 0 aliphatic carbocycles. The first-order valence-electron chi connectivity index (χ1n) is 10.0. The van der Waals surface area contributed by atoms with Crippen LogP contribution >= 0.6 is 0 Å². The lowest BCUT2D eigenvalue weighted by molar-refractivity contribution is 0.110. The molecule has 144 valence electrons. The van der Waals surface area contributed by atoms with E-state index in [-0.39, 0.29) is 0 Å². The van der Waals surface area contributed by atoms with E-state index in [1.165, 1.54) is 76.0 Å². The molecule has 26 heavy (non-hydrogen) atoms. The Morgan fingerprint density at radius 2 is 1.42 bits per heavy atom. The second kappa shape index (κ2) is 15.2.